The highest BCUT2D eigenvalue weighted by Gasteiger charge is 2.20. The molecule has 35 heavy (non-hydrogen) atoms. The highest BCUT2D eigenvalue weighted by atomic mass is 35.5. The standard InChI is InChI=1S/C25H22ClN7O2/c1-31(14-17-6-4-5-9-28-17)16-22-24-20(12-23(34)32(22)15-18-13-27-10-11-29-18)30-33(25(24)35)21-8-3-2-7-19(21)26/h2-13,30H,14-16H2,1H3. The van der Waals surface area contributed by atoms with Crippen LogP contribution in [0.2, 0.25) is 5.02 Å². The zero-order chi connectivity index (χ0) is 24.4. The fourth-order valence-corrected chi connectivity index (χ4v) is 4.32. The van der Waals surface area contributed by atoms with Crippen LogP contribution in [0.15, 0.2) is 82.9 Å². The summed E-state index contributed by atoms with van der Waals surface area (Å²) in [5, 5.41) is 3.90. The molecular formula is C25H22ClN7O2. The number of nitrogens with one attached hydrogen (secondary N) is 1. The first-order valence-corrected chi connectivity index (χ1v) is 11.3. The summed E-state index contributed by atoms with van der Waals surface area (Å²) in [6, 6.07) is 14.2. The highest BCUT2D eigenvalue weighted by molar-refractivity contribution is 6.32. The molecule has 0 spiro atoms. The molecule has 0 fully saturated rings. The van der Waals surface area contributed by atoms with E-state index in [0.717, 1.165) is 5.69 Å². The third-order valence-corrected chi connectivity index (χ3v) is 5.99. The van der Waals surface area contributed by atoms with Gasteiger partial charge in [0.1, 0.15) is 0 Å². The van der Waals surface area contributed by atoms with E-state index in [1.54, 1.807) is 53.6 Å². The van der Waals surface area contributed by atoms with Crippen molar-refractivity contribution < 1.29 is 0 Å². The Kier molecular flexibility index (Phi) is 6.26. The van der Waals surface area contributed by atoms with Crippen LogP contribution in [0.5, 0.6) is 0 Å². The number of H-pyrrole nitrogens is 1. The minimum Gasteiger partial charge on any atom is -0.304 e. The summed E-state index contributed by atoms with van der Waals surface area (Å²) in [7, 11) is 1.92. The van der Waals surface area contributed by atoms with Crippen molar-refractivity contribution in [1.29, 1.82) is 0 Å². The number of halogens is 1. The van der Waals surface area contributed by atoms with Gasteiger partial charge in [0.15, 0.2) is 0 Å². The van der Waals surface area contributed by atoms with Crippen molar-refractivity contribution in [2.45, 2.75) is 19.6 Å². The van der Waals surface area contributed by atoms with Crippen molar-refractivity contribution in [2.75, 3.05) is 7.05 Å². The van der Waals surface area contributed by atoms with Gasteiger partial charge in [-0.1, -0.05) is 29.8 Å². The zero-order valence-electron chi connectivity index (χ0n) is 18.9. The molecule has 1 aromatic carbocycles. The van der Waals surface area contributed by atoms with Gasteiger partial charge in [0.25, 0.3) is 11.1 Å². The van der Waals surface area contributed by atoms with Gasteiger partial charge in [0, 0.05) is 37.7 Å². The Morgan fingerprint density at radius 1 is 0.971 bits per heavy atom. The lowest BCUT2D eigenvalue weighted by molar-refractivity contribution is 0.306. The summed E-state index contributed by atoms with van der Waals surface area (Å²) >= 11 is 6.37. The van der Waals surface area contributed by atoms with Crippen LogP contribution in [0.1, 0.15) is 17.1 Å². The molecule has 0 radical (unpaired) electrons. The molecule has 5 aromatic rings. The quantitative estimate of drug-likeness (QED) is 0.378. The number of rotatable bonds is 7. The molecule has 0 amide bonds. The van der Waals surface area contributed by atoms with Crippen LogP contribution in [0.4, 0.5) is 0 Å². The Hall–Kier alpha value is -4.08. The lowest BCUT2D eigenvalue weighted by atomic mass is 10.2. The largest absolute Gasteiger partial charge is 0.304 e. The van der Waals surface area contributed by atoms with Crippen molar-refractivity contribution in [2.24, 2.45) is 0 Å². The Morgan fingerprint density at radius 3 is 2.51 bits per heavy atom. The maximum absolute atomic E-state index is 13.7. The number of para-hydroxylation sites is 1. The first kappa shape index (κ1) is 22.7. The highest BCUT2D eigenvalue weighted by Crippen LogP contribution is 2.21. The minimum absolute atomic E-state index is 0.187. The van der Waals surface area contributed by atoms with Gasteiger partial charge in [-0.2, -0.15) is 0 Å². The smallest absolute Gasteiger partial charge is 0.280 e. The van der Waals surface area contributed by atoms with Gasteiger partial charge >= 0.3 is 0 Å². The first-order chi connectivity index (χ1) is 17.0. The maximum Gasteiger partial charge on any atom is 0.280 e. The lowest BCUT2D eigenvalue weighted by Gasteiger charge is -2.20. The van der Waals surface area contributed by atoms with Crippen molar-refractivity contribution in [3.63, 3.8) is 0 Å². The monoisotopic (exact) mass is 487 g/mol. The Morgan fingerprint density at radius 2 is 1.77 bits per heavy atom. The van der Waals surface area contributed by atoms with Crippen molar-refractivity contribution >= 4 is 22.5 Å². The van der Waals surface area contributed by atoms with Crippen molar-refractivity contribution in [3.8, 4) is 5.69 Å². The molecule has 1 N–H and O–H groups in total. The Bertz CT molecular complexity index is 1590. The summed E-state index contributed by atoms with van der Waals surface area (Å²) in [4.78, 5) is 41.7. The predicted octanol–water partition coefficient (Wildman–Crippen LogP) is 3.00. The number of fused-ring (bicyclic) bond motifs is 1. The second kappa shape index (κ2) is 9.65. The fourth-order valence-electron chi connectivity index (χ4n) is 4.10. The van der Waals surface area contributed by atoms with Crippen LogP contribution < -0.4 is 11.1 Å². The molecule has 5 rings (SSSR count). The molecular weight excluding hydrogens is 466 g/mol. The number of aromatic nitrogens is 6. The topological polar surface area (TPSA) is 102 Å². The third-order valence-electron chi connectivity index (χ3n) is 5.67. The first-order valence-electron chi connectivity index (χ1n) is 11.0. The van der Waals surface area contributed by atoms with Crippen LogP contribution in [0.25, 0.3) is 16.6 Å². The second-order valence-electron chi connectivity index (χ2n) is 8.20. The van der Waals surface area contributed by atoms with Gasteiger partial charge in [-0.25, -0.2) is 4.68 Å². The van der Waals surface area contributed by atoms with Crippen LogP contribution >= 0.6 is 11.6 Å². The van der Waals surface area contributed by atoms with Gasteiger partial charge in [0.2, 0.25) is 0 Å². The van der Waals surface area contributed by atoms with E-state index < -0.39 is 0 Å². The summed E-state index contributed by atoms with van der Waals surface area (Å²) in [6.07, 6.45) is 6.50. The summed E-state index contributed by atoms with van der Waals surface area (Å²) in [5.41, 5.74) is 2.48. The average Bonchev–Trinajstić information content (AvgIpc) is 3.18. The second-order valence-corrected chi connectivity index (χ2v) is 8.61. The molecule has 0 unspecified atom stereocenters. The molecule has 4 aromatic heterocycles. The van der Waals surface area contributed by atoms with E-state index in [-0.39, 0.29) is 17.7 Å². The summed E-state index contributed by atoms with van der Waals surface area (Å²) in [6.45, 7) is 1.06. The van der Waals surface area contributed by atoms with E-state index in [4.69, 9.17) is 11.6 Å². The molecule has 0 aliphatic heterocycles. The normalized spacial score (nSPS) is 11.4. The Labute approximate surface area is 205 Å². The number of nitrogens with zero attached hydrogens (tertiary/aromatic N) is 6. The number of pyridine rings is 2. The van der Waals surface area contributed by atoms with Crippen molar-refractivity contribution in [3.05, 3.63) is 116 Å². The van der Waals surface area contributed by atoms with E-state index >= 15 is 0 Å². The molecule has 0 saturated heterocycles. The number of hydrogen-bond donors (Lipinski definition) is 1. The summed E-state index contributed by atoms with van der Waals surface area (Å²) < 4.78 is 2.95. The van der Waals surface area contributed by atoms with Gasteiger partial charge in [-0.3, -0.25) is 34.5 Å². The molecule has 0 bridgehead atoms. The third kappa shape index (κ3) is 4.64. The summed E-state index contributed by atoms with van der Waals surface area (Å²) in [5.74, 6) is 0. The van der Waals surface area contributed by atoms with E-state index in [0.29, 0.717) is 46.1 Å². The average molecular weight is 488 g/mol. The predicted molar refractivity (Wildman–Crippen MR) is 134 cm³/mol. The molecule has 10 heteroatoms. The fraction of sp³-hybridized carbons (Fsp3) is 0.160. The van der Waals surface area contributed by atoms with Gasteiger partial charge in [0.05, 0.1) is 51.4 Å². The molecule has 0 atom stereocenters. The van der Waals surface area contributed by atoms with Gasteiger partial charge < -0.3 is 4.57 Å². The van der Waals surface area contributed by atoms with Crippen LogP contribution in [-0.4, -0.2) is 41.2 Å². The van der Waals surface area contributed by atoms with Crippen molar-refractivity contribution in [1.82, 2.24) is 34.2 Å². The van der Waals surface area contributed by atoms with Gasteiger partial charge in [-0.05, 0) is 31.3 Å². The number of benzene rings is 1. The van der Waals surface area contributed by atoms with E-state index in [1.165, 1.54) is 10.7 Å². The number of hydrogen-bond acceptors (Lipinski definition) is 6. The maximum atomic E-state index is 13.7. The molecule has 176 valence electrons. The molecule has 0 aliphatic rings. The minimum atomic E-state index is -0.290. The van der Waals surface area contributed by atoms with E-state index in [2.05, 4.69) is 20.1 Å². The zero-order valence-corrected chi connectivity index (χ0v) is 19.7. The molecule has 4 heterocycles. The van der Waals surface area contributed by atoms with E-state index in [1.807, 2.05) is 30.1 Å². The van der Waals surface area contributed by atoms with Crippen LogP contribution in [0, 0.1) is 0 Å². The van der Waals surface area contributed by atoms with E-state index in [9.17, 15) is 9.59 Å². The van der Waals surface area contributed by atoms with Gasteiger partial charge in [-0.15, -0.1) is 0 Å². The molecule has 0 aliphatic carbocycles. The SMILES string of the molecule is CN(Cc1ccccn1)Cc1c2c(=O)n(-c3ccccc3Cl)[nH]c2cc(=O)n1Cc1cnccn1. The molecule has 0 saturated carbocycles. The number of aromatic amines is 1. The lowest BCUT2D eigenvalue weighted by Crippen LogP contribution is -2.29. The molecule has 9 nitrogen and oxygen atoms in total. The Balaban J connectivity index is 1.66. The van der Waals surface area contributed by atoms with Crippen LogP contribution in [-0.2, 0) is 19.6 Å². The van der Waals surface area contributed by atoms with Crippen LogP contribution in [0.3, 0.4) is 0 Å².